The van der Waals surface area contributed by atoms with Gasteiger partial charge in [0.25, 0.3) is 0 Å². The van der Waals surface area contributed by atoms with Crippen molar-refractivity contribution in [2.45, 2.75) is 19.8 Å². The highest BCUT2D eigenvalue weighted by atomic mass is 16.6. The molecule has 0 bridgehead atoms. The molecule has 22 heavy (non-hydrogen) atoms. The summed E-state index contributed by atoms with van der Waals surface area (Å²) in [6.45, 7) is 4.05. The van der Waals surface area contributed by atoms with Crippen molar-refractivity contribution in [2.75, 3.05) is 13.7 Å². The van der Waals surface area contributed by atoms with Crippen molar-refractivity contribution in [3.63, 3.8) is 0 Å². The molecule has 0 fully saturated rings. The van der Waals surface area contributed by atoms with Crippen LogP contribution in [-0.4, -0.2) is 29.9 Å². The zero-order valence-electron chi connectivity index (χ0n) is 12.9. The molecule has 0 saturated heterocycles. The van der Waals surface area contributed by atoms with E-state index in [2.05, 4.69) is 0 Å². The molecular formula is C17H19NO4. The third-order valence-corrected chi connectivity index (χ3v) is 4.24. The lowest BCUT2D eigenvalue weighted by Gasteiger charge is -2.40. The molecular weight excluding hydrogens is 282 g/mol. The van der Waals surface area contributed by atoms with Crippen molar-refractivity contribution in [3.05, 3.63) is 53.4 Å². The Morgan fingerprint density at radius 2 is 2.14 bits per heavy atom. The minimum absolute atomic E-state index is 0.258. The largest absolute Gasteiger partial charge is 0.469 e. The Morgan fingerprint density at radius 1 is 1.41 bits per heavy atom. The van der Waals surface area contributed by atoms with E-state index >= 15 is 0 Å². The first-order chi connectivity index (χ1) is 10.5. The molecule has 1 unspecified atom stereocenters. The Labute approximate surface area is 129 Å². The van der Waals surface area contributed by atoms with E-state index in [9.17, 15) is 10.0 Å². The van der Waals surface area contributed by atoms with Crippen LogP contribution in [0.3, 0.4) is 0 Å². The molecule has 1 aromatic rings. The molecule has 5 heteroatoms. The molecule has 0 radical (unpaired) electrons. The first-order valence-electron chi connectivity index (χ1n) is 7.19. The summed E-state index contributed by atoms with van der Waals surface area (Å²) in [7, 11) is 1.39. The number of benzene rings is 1. The summed E-state index contributed by atoms with van der Waals surface area (Å²) in [5.41, 5.74) is 0.900. The van der Waals surface area contributed by atoms with Crippen LogP contribution in [-0.2, 0) is 9.53 Å². The monoisotopic (exact) mass is 301 g/mol. The third-order valence-electron chi connectivity index (χ3n) is 4.24. The molecule has 1 atom stereocenters. The topological polar surface area (TPSA) is 59.0 Å². The van der Waals surface area contributed by atoms with Gasteiger partial charge in [0.1, 0.15) is 5.75 Å². The quantitative estimate of drug-likeness (QED) is 0.851. The molecule has 3 rings (SSSR count). The average molecular weight is 301 g/mol. The average Bonchev–Trinajstić information content (AvgIpc) is 2.52. The number of para-hydroxylation sites is 1. The molecule has 2 aliphatic rings. The van der Waals surface area contributed by atoms with Gasteiger partial charge in [-0.15, -0.1) is 0 Å². The molecule has 2 heterocycles. The van der Waals surface area contributed by atoms with Gasteiger partial charge in [0.2, 0.25) is 5.88 Å². The van der Waals surface area contributed by atoms with E-state index in [0.717, 1.165) is 16.2 Å². The normalized spacial score (nSPS) is 20.2. The Bertz CT molecular complexity index is 675. The maximum atomic E-state index is 12.3. The van der Waals surface area contributed by atoms with E-state index in [4.69, 9.17) is 9.47 Å². The van der Waals surface area contributed by atoms with E-state index in [0.29, 0.717) is 18.2 Å². The van der Waals surface area contributed by atoms with Crippen LogP contribution in [0.15, 0.2) is 47.9 Å². The Kier molecular flexibility index (Phi) is 3.45. The van der Waals surface area contributed by atoms with Crippen molar-refractivity contribution in [3.8, 4) is 5.75 Å². The molecule has 0 saturated carbocycles. The molecule has 0 aromatic heterocycles. The van der Waals surface area contributed by atoms with Crippen LogP contribution in [0.4, 0.5) is 0 Å². The number of carbonyl (C=O) groups is 1. The number of nitrogens with zero attached hydrogens (tertiary/aromatic N) is 1. The smallest absolute Gasteiger partial charge is 0.312 e. The standard InChI is InChI=1S/C17H19NO4/c1-17(2,16(19)21-3)14-11-7-4-5-9-13(11)22-15-12(14)8-6-10-18(15)20/h4-9,14,20H,10H2,1-3H3. The van der Waals surface area contributed by atoms with Crippen LogP contribution >= 0.6 is 0 Å². The van der Waals surface area contributed by atoms with Gasteiger partial charge in [0.05, 0.1) is 19.1 Å². The number of esters is 1. The summed E-state index contributed by atoms with van der Waals surface area (Å²) in [6, 6.07) is 7.56. The van der Waals surface area contributed by atoms with Crippen LogP contribution in [0, 0.1) is 5.41 Å². The van der Waals surface area contributed by atoms with Crippen LogP contribution in [0.1, 0.15) is 25.3 Å². The number of hydrogen-bond donors (Lipinski definition) is 1. The van der Waals surface area contributed by atoms with Gasteiger partial charge in [-0.3, -0.25) is 10.0 Å². The fourth-order valence-corrected chi connectivity index (χ4v) is 3.16. The number of allylic oxidation sites excluding steroid dienone is 2. The molecule has 1 aromatic carbocycles. The predicted molar refractivity (Wildman–Crippen MR) is 80.3 cm³/mol. The number of carbonyl (C=O) groups excluding carboxylic acids is 1. The fraction of sp³-hybridized carbons (Fsp3) is 0.353. The molecule has 5 nitrogen and oxygen atoms in total. The zero-order valence-corrected chi connectivity index (χ0v) is 12.9. The summed E-state index contributed by atoms with van der Waals surface area (Å²) < 4.78 is 10.8. The lowest BCUT2D eigenvalue weighted by Crippen LogP contribution is -2.39. The minimum atomic E-state index is -0.794. The number of hydroxylamine groups is 2. The molecule has 0 amide bonds. The van der Waals surface area contributed by atoms with Crippen LogP contribution < -0.4 is 4.74 Å². The number of ether oxygens (including phenoxy) is 2. The Hall–Kier alpha value is -2.27. The van der Waals surface area contributed by atoms with Crippen molar-refractivity contribution in [2.24, 2.45) is 5.41 Å². The second kappa shape index (κ2) is 5.18. The van der Waals surface area contributed by atoms with Gasteiger partial charge in [0.15, 0.2) is 0 Å². The molecule has 1 N–H and O–H groups in total. The van der Waals surface area contributed by atoms with Crippen molar-refractivity contribution in [1.82, 2.24) is 5.06 Å². The molecule has 0 aliphatic carbocycles. The molecule has 116 valence electrons. The van der Waals surface area contributed by atoms with Gasteiger partial charge in [-0.25, -0.2) is 5.06 Å². The van der Waals surface area contributed by atoms with Crippen LogP contribution in [0.5, 0.6) is 5.75 Å². The first-order valence-corrected chi connectivity index (χ1v) is 7.19. The van der Waals surface area contributed by atoms with E-state index in [1.807, 2.05) is 50.3 Å². The van der Waals surface area contributed by atoms with Crippen molar-refractivity contribution in [1.29, 1.82) is 0 Å². The third kappa shape index (κ3) is 2.09. The summed E-state index contributed by atoms with van der Waals surface area (Å²) >= 11 is 0. The van der Waals surface area contributed by atoms with Gasteiger partial charge in [-0.05, 0) is 19.9 Å². The predicted octanol–water partition coefficient (Wildman–Crippen LogP) is 2.83. The Morgan fingerprint density at radius 3 is 2.86 bits per heavy atom. The summed E-state index contributed by atoms with van der Waals surface area (Å²) in [5.74, 6) is 0.469. The highest BCUT2D eigenvalue weighted by molar-refractivity contribution is 5.79. The van der Waals surface area contributed by atoms with Crippen molar-refractivity contribution < 1.29 is 19.5 Å². The number of rotatable bonds is 2. The molecule has 2 aliphatic heterocycles. The van der Waals surface area contributed by atoms with E-state index in [1.165, 1.54) is 7.11 Å². The number of methoxy groups -OCH3 is 1. The maximum Gasteiger partial charge on any atom is 0.312 e. The minimum Gasteiger partial charge on any atom is -0.469 e. The summed E-state index contributed by atoms with van der Waals surface area (Å²) in [6.07, 6.45) is 3.75. The van der Waals surface area contributed by atoms with E-state index in [1.54, 1.807) is 0 Å². The Balaban J connectivity index is 2.20. The molecule has 0 spiro atoms. The van der Waals surface area contributed by atoms with Crippen LogP contribution in [0.25, 0.3) is 0 Å². The second-order valence-corrected chi connectivity index (χ2v) is 6.03. The lowest BCUT2D eigenvalue weighted by atomic mass is 9.69. The zero-order chi connectivity index (χ0) is 15.9. The van der Waals surface area contributed by atoms with Gasteiger partial charge in [-0.1, -0.05) is 30.4 Å². The highest BCUT2D eigenvalue weighted by Crippen LogP contribution is 2.50. The SMILES string of the molecule is COC(=O)C(C)(C)C1C2=C(Oc3ccccc31)N(O)CC=C2. The van der Waals surface area contributed by atoms with E-state index < -0.39 is 5.41 Å². The summed E-state index contributed by atoms with van der Waals surface area (Å²) in [5, 5.41) is 11.2. The fourth-order valence-electron chi connectivity index (χ4n) is 3.16. The summed E-state index contributed by atoms with van der Waals surface area (Å²) in [4.78, 5) is 12.3. The number of fused-ring (bicyclic) bond motifs is 1. The lowest BCUT2D eigenvalue weighted by molar-refractivity contribution is -0.152. The van der Waals surface area contributed by atoms with Crippen molar-refractivity contribution >= 4 is 5.97 Å². The maximum absolute atomic E-state index is 12.3. The number of hydrogen-bond acceptors (Lipinski definition) is 5. The van der Waals surface area contributed by atoms with Gasteiger partial charge in [0, 0.05) is 17.1 Å². The van der Waals surface area contributed by atoms with E-state index in [-0.39, 0.29) is 11.9 Å². The highest BCUT2D eigenvalue weighted by Gasteiger charge is 2.46. The van der Waals surface area contributed by atoms with Crippen LogP contribution in [0.2, 0.25) is 0 Å². The van der Waals surface area contributed by atoms with Gasteiger partial charge in [-0.2, -0.15) is 0 Å². The first kappa shape index (κ1) is 14.7. The second-order valence-electron chi connectivity index (χ2n) is 6.03. The van der Waals surface area contributed by atoms with Gasteiger partial charge >= 0.3 is 5.97 Å². The van der Waals surface area contributed by atoms with Gasteiger partial charge < -0.3 is 9.47 Å².